The summed E-state index contributed by atoms with van der Waals surface area (Å²) in [6.45, 7) is 0.942. The number of aromatic nitrogens is 2. The molecule has 1 heterocycles. The summed E-state index contributed by atoms with van der Waals surface area (Å²) in [5, 5.41) is 11.7. The normalized spacial score (nSPS) is 9.65. The summed E-state index contributed by atoms with van der Waals surface area (Å²) in [6, 6.07) is 10.8. The first-order chi connectivity index (χ1) is 11.2. The van der Waals surface area contributed by atoms with Gasteiger partial charge in [-0.25, -0.2) is 15.4 Å². The lowest BCUT2D eigenvalue weighted by atomic mass is 10.2. The minimum atomic E-state index is -0.732. The fourth-order valence-electron chi connectivity index (χ4n) is 1.69. The molecule has 0 bridgehead atoms. The quantitative estimate of drug-likeness (QED) is 0.330. The molecule has 0 saturated carbocycles. The summed E-state index contributed by atoms with van der Waals surface area (Å²) in [7, 11) is 1.58. The second-order valence-corrected chi connectivity index (χ2v) is 4.44. The first kappa shape index (κ1) is 16.4. The van der Waals surface area contributed by atoms with Crippen molar-refractivity contribution in [2.24, 2.45) is 0 Å². The lowest BCUT2D eigenvalue weighted by Crippen LogP contribution is -2.21. The summed E-state index contributed by atoms with van der Waals surface area (Å²) < 4.78 is 4.93. The maximum Gasteiger partial charge on any atom is 0.293 e. The molecule has 0 unspecified atom stereocenters. The van der Waals surface area contributed by atoms with Gasteiger partial charge in [0, 0.05) is 25.3 Å². The van der Waals surface area contributed by atoms with Gasteiger partial charge in [0.25, 0.3) is 5.91 Å². The van der Waals surface area contributed by atoms with Gasteiger partial charge in [0.05, 0.1) is 6.61 Å². The van der Waals surface area contributed by atoms with Crippen molar-refractivity contribution in [3.05, 3.63) is 53.3 Å². The Labute approximate surface area is 133 Å². The minimum Gasteiger partial charge on any atom is -0.383 e. The van der Waals surface area contributed by atoms with Gasteiger partial charge in [0.2, 0.25) is 5.95 Å². The standard InChI is InChI=1S/C16H16N4O3/c1-23-10-9-17-16-18-13(11-14(19-16)15(21)20-22)8-7-12-5-3-2-4-6-12/h2-6,11,22H,9-10H2,1H3,(H,20,21)(H,17,18,19). The number of amides is 1. The van der Waals surface area contributed by atoms with Gasteiger partial charge >= 0.3 is 0 Å². The number of hydrogen-bond donors (Lipinski definition) is 3. The first-order valence-electron chi connectivity index (χ1n) is 6.86. The van der Waals surface area contributed by atoms with E-state index in [9.17, 15) is 4.79 Å². The number of nitrogens with zero attached hydrogens (tertiary/aromatic N) is 2. The number of carbonyl (C=O) groups excluding carboxylic acids is 1. The topological polar surface area (TPSA) is 96.4 Å². The van der Waals surface area contributed by atoms with Gasteiger partial charge in [-0.05, 0) is 18.1 Å². The monoisotopic (exact) mass is 312 g/mol. The fraction of sp³-hybridized carbons (Fsp3) is 0.188. The smallest absolute Gasteiger partial charge is 0.293 e. The van der Waals surface area contributed by atoms with Crippen molar-refractivity contribution in [1.82, 2.24) is 15.4 Å². The highest BCUT2D eigenvalue weighted by Gasteiger charge is 2.10. The number of ether oxygens (including phenoxy) is 1. The molecular weight excluding hydrogens is 296 g/mol. The van der Waals surface area contributed by atoms with Crippen LogP contribution in [0.25, 0.3) is 0 Å². The number of benzene rings is 1. The van der Waals surface area contributed by atoms with Crippen LogP contribution in [0.4, 0.5) is 5.95 Å². The largest absolute Gasteiger partial charge is 0.383 e. The number of methoxy groups -OCH3 is 1. The summed E-state index contributed by atoms with van der Waals surface area (Å²) in [6.07, 6.45) is 0. The van der Waals surface area contributed by atoms with Gasteiger partial charge in [0.1, 0.15) is 11.4 Å². The van der Waals surface area contributed by atoms with Gasteiger partial charge in [-0.1, -0.05) is 24.1 Å². The van der Waals surface area contributed by atoms with E-state index in [2.05, 4.69) is 27.1 Å². The van der Waals surface area contributed by atoms with Gasteiger partial charge in [-0.2, -0.15) is 0 Å². The number of hydroxylamine groups is 1. The van der Waals surface area contributed by atoms with E-state index < -0.39 is 5.91 Å². The van der Waals surface area contributed by atoms with Gasteiger partial charge in [-0.3, -0.25) is 10.0 Å². The number of nitrogens with one attached hydrogen (secondary N) is 2. The van der Waals surface area contributed by atoms with E-state index in [1.54, 1.807) is 12.6 Å². The van der Waals surface area contributed by atoms with Gasteiger partial charge in [0.15, 0.2) is 0 Å². The Morgan fingerprint density at radius 1 is 1.26 bits per heavy atom. The van der Waals surface area contributed by atoms with Crippen LogP contribution in [0.15, 0.2) is 36.4 Å². The van der Waals surface area contributed by atoms with E-state index >= 15 is 0 Å². The molecule has 0 aliphatic rings. The van der Waals surface area contributed by atoms with Crippen LogP contribution in [0, 0.1) is 11.8 Å². The molecule has 7 nitrogen and oxygen atoms in total. The number of hydrogen-bond acceptors (Lipinski definition) is 6. The van der Waals surface area contributed by atoms with Crippen LogP contribution in [0.3, 0.4) is 0 Å². The lowest BCUT2D eigenvalue weighted by molar-refractivity contribution is 0.0700. The molecule has 7 heteroatoms. The van der Waals surface area contributed by atoms with Crippen LogP contribution in [0.5, 0.6) is 0 Å². The van der Waals surface area contributed by atoms with Gasteiger partial charge < -0.3 is 10.1 Å². The highest BCUT2D eigenvalue weighted by Crippen LogP contribution is 2.06. The Hall–Kier alpha value is -2.95. The van der Waals surface area contributed by atoms with Crippen LogP contribution in [-0.4, -0.2) is 41.3 Å². The van der Waals surface area contributed by atoms with Crippen molar-refractivity contribution in [3.8, 4) is 11.8 Å². The average molecular weight is 312 g/mol. The van der Waals surface area contributed by atoms with Crippen LogP contribution < -0.4 is 10.8 Å². The average Bonchev–Trinajstić information content (AvgIpc) is 2.60. The molecule has 0 aliphatic heterocycles. The zero-order valence-corrected chi connectivity index (χ0v) is 12.5. The Bertz CT molecular complexity index is 723. The second-order valence-electron chi connectivity index (χ2n) is 4.44. The third kappa shape index (κ3) is 5.07. The van der Waals surface area contributed by atoms with E-state index in [-0.39, 0.29) is 11.6 Å². The third-order valence-corrected chi connectivity index (χ3v) is 2.76. The van der Waals surface area contributed by atoms with Gasteiger partial charge in [-0.15, -0.1) is 0 Å². The van der Waals surface area contributed by atoms with Crippen LogP contribution in [0.2, 0.25) is 0 Å². The zero-order valence-electron chi connectivity index (χ0n) is 12.5. The molecular formula is C16H16N4O3. The van der Waals surface area contributed by atoms with Crippen molar-refractivity contribution in [1.29, 1.82) is 0 Å². The lowest BCUT2D eigenvalue weighted by Gasteiger charge is -2.06. The summed E-state index contributed by atoms with van der Waals surface area (Å²) in [4.78, 5) is 19.8. The Morgan fingerprint density at radius 2 is 2.04 bits per heavy atom. The van der Waals surface area contributed by atoms with E-state index in [0.717, 1.165) is 5.56 Å². The molecule has 0 radical (unpaired) electrons. The van der Waals surface area contributed by atoms with E-state index in [0.29, 0.717) is 18.8 Å². The van der Waals surface area contributed by atoms with Crippen molar-refractivity contribution in [2.45, 2.75) is 0 Å². The van der Waals surface area contributed by atoms with E-state index in [1.165, 1.54) is 6.07 Å². The molecule has 0 fully saturated rings. The summed E-state index contributed by atoms with van der Waals surface area (Å²) in [5.74, 6) is 5.33. The number of anilines is 1. The van der Waals surface area contributed by atoms with E-state index in [1.807, 2.05) is 30.3 Å². The van der Waals surface area contributed by atoms with Crippen LogP contribution >= 0.6 is 0 Å². The molecule has 1 aromatic carbocycles. The molecule has 0 spiro atoms. The predicted octanol–water partition coefficient (Wildman–Crippen LogP) is 1.05. The fourth-order valence-corrected chi connectivity index (χ4v) is 1.69. The number of rotatable bonds is 5. The predicted molar refractivity (Wildman–Crippen MR) is 84.1 cm³/mol. The van der Waals surface area contributed by atoms with Crippen molar-refractivity contribution < 1.29 is 14.7 Å². The Kier molecular flexibility index (Phi) is 6.06. The Balaban J connectivity index is 2.28. The van der Waals surface area contributed by atoms with Crippen LogP contribution in [-0.2, 0) is 4.74 Å². The second kappa shape index (κ2) is 8.48. The first-order valence-corrected chi connectivity index (χ1v) is 6.86. The molecule has 2 rings (SSSR count). The van der Waals surface area contributed by atoms with Crippen molar-refractivity contribution in [3.63, 3.8) is 0 Å². The van der Waals surface area contributed by atoms with Crippen LogP contribution in [0.1, 0.15) is 21.7 Å². The van der Waals surface area contributed by atoms with E-state index in [4.69, 9.17) is 9.94 Å². The highest BCUT2D eigenvalue weighted by molar-refractivity contribution is 5.91. The minimum absolute atomic E-state index is 0.0137. The molecule has 118 valence electrons. The van der Waals surface area contributed by atoms with Crippen molar-refractivity contribution in [2.75, 3.05) is 25.6 Å². The molecule has 0 atom stereocenters. The summed E-state index contributed by atoms with van der Waals surface area (Å²) >= 11 is 0. The molecule has 0 aliphatic carbocycles. The summed E-state index contributed by atoms with van der Waals surface area (Å²) in [5.41, 5.74) is 2.75. The SMILES string of the molecule is COCCNc1nc(C#Cc2ccccc2)cc(C(=O)NO)n1. The maximum atomic E-state index is 11.6. The maximum absolute atomic E-state index is 11.6. The molecule has 23 heavy (non-hydrogen) atoms. The molecule has 1 amide bonds. The Morgan fingerprint density at radius 3 is 2.74 bits per heavy atom. The molecule has 1 aromatic heterocycles. The molecule has 3 N–H and O–H groups in total. The molecule has 0 saturated heterocycles. The zero-order chi connectivity index (χ0) is 16.5. The van der Waals surface area contributed by atoms with Crippen molar-refractivity contribution >= 4 is 11.9 Å². The molecule has 2 aromatic rings. The highest BCUT2D eigenvalue weighted by atomic mass is 16.5. The number of carbonyl (C=O) groups is 1. The third-order valence-electron chi connectivity index (χ3n) is 2.76.